The lowest BCUT2D eigenvalue weighted by Gasteiger charge is -2.36. The fraction of sp³-hybridized carbons (Fsp3) is 0.300. The van der Waals surface area contributed by atoms with E-state index in [1.54, 1.807) is 0 Å². The van der Waals surface area contributed by atoms with Gasteiger partial charge in [0, 0.05) is 28.5 Å². The lowest BCUT2D eigenvalue weighted by atomic mass is 10.2. The Morgan fingerprint density at radius 2 is 1.68 bits per heavy atom. The van der Waals surface area contributed by atoms with Crippen molar-refractivity contribution < 1.29 is 4.43 Å². The van der Waals surface area contributed by atoms with E-state index in [1.807, 2.05) is 30.5 Å². The van der Waals surface area contributed by atoms with Gasteiger partial charge < -0.3 is 14.7 Å². The van der Waals surface area contributed by atoms with E-state index in [0.717, 1.165) is 22.6 Å². The highest BCUT2D eigenvalue weighted by Gasteiger charge is 2.39. The van der Waals surface area contributed by atoms with E-state index < -0.39 is 8.32 Å². The number of nitrogens with one attached hydrogen (secondary N) is 2. The predicted octanol–water partition coefficient (Wildman–Crippen LogP) is 6.95. The molecule has 0 fully saturated rings. The summed E-state index contributed by atoms with van der Waals surface area (Å²) in [5.74, 6) is 0.764. The molecule has 5 heteroatoms. The van der Waals surface area contributed by atoms with Gasteiger partial charge in [0.2, 0.25) is 0 Å². The van der Waals surface area contributed by atoms with Gasteiger partial charge in [-0.2, -0.15) is 0 Å². The molecule has 0 amide bonds. The summed E-state index contributed by atoms with van der Waals surface area (Å²) in [7, 11) is -1.90. The standard InChI is InChI=1S/C20H25ClN2OSi/c1-20(2,3)25(4,5)24-19-9-7-16(13-17(19)21)23-15-6-8-18-14(12-15)10-11-22-18/h6-13,22-23H,1-5H3. The number of fused-ring (bicyclic) bond motifs is 1. The number of hydrogen-bond acceptors (Lipinski definition) is 2. The third-order valence-corrected chi connectivity index (χ3v) is 9.58. The van der Waals surface area contributed by atoms with Crippen LogP contribution in [0.15, 0.2) is 48.7 Å². The highest BCUT2D eigenvalue weighted by molar-refractivity contribution is 6.74. The normalized spacial score (nSPS) is 12.4. The summed E-state index contributed by atoms with van der Waals surface area (Å²) in [4.78, 5) is 3.20. The first-order valence-corrected chi connectivity index (χ1v) is 11.8. The Bertz CT molecular complexity index is 896. The Hall–Kier alpha value is -1.91. The van der Waals surface area contributed by atoms with E-state index >= 15 is 0 Å². The number of halogens is 1. The second-order valence-electron chi connectivity index (χ2n) is 7.91. The minimum atomic E-state index is -1.90. The minimum absolute atomic E-state index is 0.138. The molecule has 0 spiro atoms. The molecule has 132 valence electrons. The molecule has 1 aromatic heterocycles. The van der Waals surface area contributed by atoms with Crippen LogP contribution in [0.5, 0.6) is 5.75 Å². The third-order valence-electron chi connectivity index (χ3n) is 4.95. The molecular weight excluding hydrogens is 348 g/mol. The maximum absolute atomic E-state index is 6.48. The summed E-state index contributed by atoms with van der Waals surface area (Å²) < 4.78 is 6.32. The van der Waals surface area contributed by atoms with E-state index in [0.29, 0.717) is 5.02 Å². The van der Waals surface area contributed by atoms with Crippen LogP contribution < -0.4 is 9.74 Å². The van der Waals surface area contributed by atoms with Gasteiger partial charge in [-0.25, -0.2) is 0 Å². The van der Waals surface area contributed by atoms with Crippen LogP contribution in [0.25, 0.3) is 10.9 Å². The molecule has 0 aliphatic rings. The molecule has 0 aliphatic carbocycles. The average Bonchev–Trinajstić information content (AvgIpc) is 2.96. The first kappa shape index (κ1) is 17.9. The lowest BCUT2D eigenvalue weighted by molar-refractivity contribution is 0.492. The minimum Gasteiger partial charge on any atom is -0.543 e. The molecule has 25 heavy (non-hydrogen) atoms. The Kier molecular flexibility index (Phi) is 4.60. The van der Waals surface area contributed by atoms with Crippen molar-refractivity contribution in [3.05, 3.63) is 53.7 Å². The maximum Gasteiger partial charge on any atom is 0.250 e. The van der Waals surface area contributed by atoms with E-state index in [2.05, 4.69) is 62.4 Å². The van der Waals surface area contributed by atoms with Crippen LogP contribution in [-0.2, 0) is 0 Å². The Balaban J connectivity index is 1.79. The van der Waals surface area contributed by atoms with E-state index in [4.69, 9.17) is 16.0 Å². The van der Waals surface area contributed by atoms with Gasteiger partial charge in [-0.1, -0.05) is 32.4 Å². The number of anilines is 2. The van der Waals surface area contributed by atoms with Gasteiger partial charge in [0.1, 0.15) is 5.75 Å². The number of rotatable bonds is 4. The van der Waals surface area contributed by atoms with Crippen LogP contribution in [0.4, 0.5) is 11.4 Å². The van der Waals surface area contributed by atoms with Gasteiger partial charge in [-0.3, -0.25) is 0 Å². The summed E-state index contributed by atoms with van der Waals surface area (Å²) in [5.41, 5.74) is 3.10. The van der Waals surface area contributed by atoms with Crippen LogP contribution in [0.2, 0.25) is 23.2 Å². The van der Waals surface area contributed by atoms with Crippen LogP contribution in [0.1, 0.15) is 20.8 Å². The molecule has 0 atom stereocenters. The molecule has 0 saturated heterocycles. The highest BCUT2D eigenvalue weighted by atomic mass is 35.5. The second kappa shape index (κ2) is 6.43. The van der Waals surface area contributed by atoms with Crippen molar-refractivity contribution >= 4 is 42.2 Å². The number of benzene rings is 2. The van der Waals surface area contributed by atoms with Gasteiger partial charge in [-0.05, 0) is 60.6 Å². The van der Waals surface area contributed by atoms with Crippen molar-refractivity contribution in [1.29, 1.82) is 0 Å². The van der Waals surface area contributed by atoms with Crippen LogP contribution in [0.3, 0.4) is 0 Å². The number of H-pyrrole nitrogens is 1. The lowest BCUT2D eigenvalue weighted by Crippen LogP contribution is -2.43. The fourth-order valence-electron chi connectivity index (χ4n) is 2.39. The van der Waals surface area contributed by atoms with Crippen molar-refractivity contribution in [2.75, 3.05) is 5.32 Å². The monoisotopic (exact) mass is 372 g/mol. The highest BCUT2D eigenvalue weighted by Crippen LogP contribution is 2.40. The van der Waals surface area contributed by atoms with Gasteiger partial charge >= 0.3 is 0 Å². The largest absolute Gasteiger partial charge is 0.543 e. The molecule has 0 bridgehead atoms. The molecule has 0 unspecified atom stereocenters. The van der Waals surface area contributed by atoms with Gasteiger partial charge in [0.25, 0.3) is 8.32 Å². The summed E-state index contributed by atoms with van der Waals surface area (Å²) in [6, 6.07) is 14.2. The predicted molar refractivity (Wildman–Crippen MR) is 111 cm³/mol. The smallest absolute Gasteiger partial charge is 0.250 e. The number of aromatic amines is 1. The first-order valence-electron chi connectivity index (χ1n) is 8.48. The van der Waals surface area contributed by atoms with E-state index in [9.17, 15) is 0 Å². The molecule has 2 aromatic carbocycles. The Morgan fingerprint density at radius 3 is 2.36 bits per heavy atom. The zero-order valence-electron chi connectivity index (χ0n) is 15.4. The van der Waals surface area contributed by atoms with Crippen molar-refractivity contribution in [1.82, 2.24) is 4.98 Å². The molecule has 3 nitrogen and oxygen atoms in total. The molecule has 2 N–H and O–H groups in total. The summed E-state index contributed by atoms with van der Waals surface area (Å²) >= 11 is 6.48. The van der Waals surface area contributed by atoms with Crippen LogP contribution in [0, 0.1) is 0 Å². The Morgan fingerprint density at radius 1 is 1.00 bits per heavy atom. The van der Waals surface area contributed by atoms with Gasteiger partial charge in [0.15, 0.2) is 0 Å². The summed E-state index contributed by atoms with van der Waals surface area (Å²) in [5, 5.41) is 5.35. The molecule has 3 rings (SSSR count). The molecular formula is C20H25ClN2OSi. The van der Waals surface area contributed by atoms with E-state index in [1.165, 1.54) is 5.39 Å². The van der Waals surface area contributed by atoms with Crippen molar-refractivity contribution in [3.63, 3.8) is 0 Å². The summed E-state index contributed by atoms with van der Waals surface area (Å²) in [6.45, 7) is 11.1. The van der Waals surface area contributed by atoms with Crippen molar-refractivity contribution in [2.45, 2.75) is 38.9 Å². The van der Waals surface area contributed by atoms with Crippen molar-refractivity contribution in [3.8, 4) is 5.75 Å². The molecule has 3 aromatic rings. The van der Waals surface area contributed by atoms with Crippen LogP contribution >= 0.6 is 11.6 Å². The quantitative estimate of drug-likeness (QED) is 0.486. The topological polar surface area (TPSA) is 37.0 Å². The van der Waals surface area contributed by atoms with Crippen molar-refractivity contribution in [2.24, 2.45) is 0 Å². The SMILES string of the molecule is CC(C)(C)[Si](C)(C)Oc1ccc(Nc2ccc3[nH]ccc3c2)cc1Cl. The molecule has 1 heterocycles. The molecule has 0 aliphatic heterocycles. The Labute approximate surface area is 155 Å². The van der Waals surface area contributed by atoms with Gasteiger partial charge in [-0.15, -0.1) is 0 Å². The summed E-state index contributed by atoms with van der Waals surface area (Å²) in [6.07, 6.45) is 1.94. The zero-order chi connectivity index (χ0) is 18.2. The van der Waals surface area contributed by atoms with Crippen LogP contribution in [-0.4, -0.2) is 13.3 Å². The second-order valence-corrected chi connectivity index (χ2v) is 13.0. The first-order chi connectivity index (χ1) is 11.7. The third kappa shape index (κ3) is 3.85. The maximum atomic E-state index is 6.48. The zero-order valence-corrected chi connectivity index (χ0v) is 17.2. The van der Waals surface area contributed by atoms with Gasteiger partial charge in [0.05, 0.1) is 5.02 Å². The van der Waals surface area contributed by atoms with E-state index in [-0.39, 0.29) is 5.04 Å². The number of aromatic nitrogens is 1. The number of hydrogen-bond donors (Lipinski definition) is 2. The molecule has 0 saturated carbocycles. The average molecular weight is 373 g/mol. The molecule has 0 radical (unpaired) electrons. The fourth-order valence-corrected chi connectivity index (χ4v) is 3.70.